The number of nitrogens with zero attached hydrogens (tertiary/aromatic N) is 2. The van der Waals surface area contributed by atoms with Crippen LogP contribution in [-0.4, -0.2) is 41.6 Å². The second kappa shape index (κ2) is 7.67. The molecule has 0 atom stereocenters. The largest absolute Gasteiger partial charge is 0.339 e. The minimum Gasteiger partial charge on any atom is -0.339 e. The summed E-state index contributed by atoms with van der Waals surface area (Å²) in [5, 5.41) is 3.36. The van der Waals surface area contributed by atoms with Gasteiger partial charge in [0.2, 0.25) is 0 Å². The van der Waals surface area contributed by atoms with Gasteiger partial charge >= 0.3 is 0 Å². The first-order chi connectivity index (χ1) is 12.4. The van der Waals surface area contributed by atoms with E-state index in [0.717, 1.165) is 48.6 Å². The zero-order valence-corrected chi connectivity index (χ0v) is 16.7. The van der Waals surface area contributed by atoms with Crippen molar-refractivity contribution in [3.63, 3.8) is 0 Å². The smallest absolute Gasteiger partial charge is 0.255 e. The lowest BCUT2D eigenvalue weighted by Crippen LogP contribution is -2.44. The molecule has 4 nitrogen and oxygen atoms in total. The summed E-state index contributed by atoms with van der Waals surface area (Å²) in [5.41, 5.74) is 5.38. The second-order valence-corrected chi connectivity index (χ2v) is 7.76. The molecule has 0 saturated carbocycles. The summed E-state index contributed by atoms with van der Waals surface area (Å²) >= 11 is 0. The van der Waals surface area contributed by atoms with Crippen LogP contribution in [-0.2, 0) is 0 Å². The second-order valence-electron chi connectivity index (χ2n) is 7.76. The average molecular weight is 354 g/mol. The summed E-state index contributed by atoms with van der Waals surface area (Å²) in [6.07, 6.45) is 2.05. The maximum atomic E-state index is 13.1. The lowest BCUT2D eigenvalue weighted by molar-refractivity contribution is 0.0702. The van der Waals surface area contributed by atoms with Gasteiger partial charge in [0.1, 0.15) is 0 Å². The maximum Gasteiger partial charge on any atom is 0.255 e. The molecule has 0 bridgehead atoms. The molecule has 0 aliphatic carbocycles. The summed E-state index contributed by atoms with van der Waals surface area (Å²) in [4.78, 5) is 15.0. The Balaban J connectivity index is 1.88. The summed E-state index contributed by atoms with van der Waals surface area (Å²) in [6, 6.07) is 11.0. The van der Waals surface area contributed by atoms with Crippen molar-refractivity contribution in [1.29, 1.82) is 0 Å². The number of carbonyl (C=O) groups excluding carboxylic acids is 1. The lowest BCUT2D eigenvalue weighted by Gasteiger charge is -2.31. The number of amides is 1. The van der Waals surface area contributed by atoms with Gasteiger partial charge < -0.3 is 14.8 Å². The van der Waals surface area contributed by atoms with Crippen LogP contribution in [0.5, 0.6) is 0 Å². The highest BCUT2D eigenvalue weighted by Gasteiger charge is 2.26. The van der Waals surface area contributed by atoms with Gasteiger partial charge in [-0.05, 0) is 69.5 Å². The molecule has 1 fully saturated rings. The van der Waals surface area contributed by atoms with Crippen molar-refractivity contribution in [2.24, 2.45) is 0 Å². The Bertz CT molecular complexity index is 767. The van der Waals surface area contributed by atoms with E-state index in [9.17, 15) is 4.79 Å². The third-order valence-corrected chi connectivity index (χ3v) is 5.66. The van der Waals surface area contributed by atoms with Crippen LogP contribution in [0.4, 0.5) is 0 Å². The van der Waals surface area contributed by atoms with Crippen molar-refractivity contribution in [1.82, 2.24) is 14.8 Å². The predicted molar refractivity (Wildman–Crippen MR) is 107 cm³/mol. The number of aryl methyl sites for hydroxylation is 1. The van der Waals surface area contributed by atoms with E-state index in [2.05, 4.69) is 54.9 Å². The highest BCUT2D eigenvalue weighted by Crippen LogP contribution is 2.25. The van der Waals surface area contributed by atoms with Crippen molar-refractivity contribution >= 4 is 5.91 Å². The van der Waals surface area contributed by atoms with Crippen molar-refractivity contribution in [2.75, 3.05) is 20.1 Å². The van der Waals surface area contributed by atoms with E-state index in [1.54, 1.807) is 0 Å². The van der Waals surface area contributed by atoms with Crippen LogP contribution >= 0.6 is 0 Å². The van der Waals surface area contributed by atoms with Gasteiger partial charge in [0.25, 0.3) is 5.91 Å². The molecule has 1 aromatic heterocycles. The van der Waals surface area contributed by atoms with Crippen molar-refractivity contribution in [3.8, 4) is 5.69 Å². The summed E-state index contributed by atoms with van der Waals surface area (Å²) in [6.45, 7) is 10.5. The minimum absolute atomic E-state index is 0.134. The highest BCUT2D eigenvalue weighted by atomic mass is 16.2. The summed E-state index contributed by atoms with van der Waals surface area (Å²) in [5.74, 6) is 0.654. The molecular weight excluding hydrogens is 322 g/mol. The van der Waals surface area contributed by atoms with E-state index in [4.69, 9.17) is 0 Å². The SMILES string of the molecule is Cc1cc(C(=O)N(C)C2CCNCC2)c(C)n1-c1ccc(C(C)C)cc1. The zero-order chi connectivity index (χ0) is 18.8. The zero-order valence-electron chi connectivity index (χ0n) is 16.7. The van der Waals surface area contributed by atoms with Gasteiger partial charge in [-0.2, -0.15) is 0 Å². The monoisotopic (exact) mass is 353 g/mol. The van der Waals surface area contributed by atoms with E-state index in [1.807, 2.05) is 24.9 Å². The number of rotatable bonds is 4. The summed E-state index contributed by atoms with van der Waals surface area (Å²) < 4.78 is 2.19. The van der Waals surface area contributed by atoms with Crippen molar-refractivity contribution < 1.29 is 4.79 Å². The molecule has 0 spiro atoms. The van der Waals surface area contributed by atoms with Gasteiger partial charge in [-0.3, -0.25) is 4.79 Å². The average Bonchev–Trinajstić information content (AvgIpc) is 2.95. The highest BCUT2D eigenvalue weighted by molar-refractivity contribution is 5.96. The molecule has 1 N–H and O–H groups in total. The molecule has 4 heteroatoms. The van der Waals surface area contributed by atoms with Gasteiger partial charge in [-0.25, -0.2) is 0 Å². The molecule has 1 aliphatic heterocycles. The Kier molecular flexibility index (Phi) is 5.52. The molecular formula is C22H31N3O. The number of carbonyl (C=O) groups is 1. The van der Waals surface area contributed by atoms with Gasteiger partial charge in [0.15, 0.2) is 0 Å². The first-order valence-electron chi connectivity index (χ1n) is 9.67. The van der Waals surface area contributed by atoms with Crippen LogP contribution in [0.2, 0.25) is 0 Å². The van der Waals surface area contributed by atoms with Crippen LogP contribution in [0.15, 0.2) is 30.3 Å². The van der Waals surface area contributed by atoms with Gasteiger partial charge in [-0.15, -0.1) is 0 Å². The van der Waals surface area contributed by atoms with E-state index in [0.29, 0.717) is 12.0 Å². The van der Waals surface area contributed by atoms with Crippen LogP contribution < -0.4 is 5.32 Å². The minimum atomic E-state index is 0.134. The topological polar surface area (TPSA) is 37.3 Å². The molecule has 3 rings (SSSR count). The maximum absolute atomic E-state index is 13.1. The Morgan fingerprint density at radius 2 is 1.77 bits per heavy atom. The van der Waals surface area contributed by atoms with Crippen molar-refractivity contribution in [2.45, 2.75) is 52.5 Å². The Morgan fingerprint density at radius 3 is 2.35 bits per heavy atom. The fourth-order valence-electron chi connectivity index (χ4n) is 3.93. The first-order valence-corrected chi connectivity index (χ1v) is 9.67. The molecule has 2 aromatic rings. The third kappa shape index (κ3) is 3.56. The quantitative estimate of drug-likeness (QED) is 0.901. The number of hydrogen-bond donors (Lipinski definition) is 1. The Hall–Kier alpha value is -2.07. The van der Waals surface area contributed by atoms with Crippen LogP contribution in [0, 0.1) is 13.8 Å². The van der Waals surface area contributed by atoms with E-state index >= 15 is 0 Å². The van der Waals surface area contributed by atoms with Gasteiger partial charge in [0.05, 0.1) is 5.56 Å². The number of aromatic nitrogens is 1. The van der Waals surface area contributed by atoms with Gasteiger partial charge in [-0.1, -0.05) is 26.0 Å². The number of hydrogen-bond acceptors (Lipinski definition) is 2. The number of piperidine rings is 1. The number of nitrogens with one attached hydrogen (secondary N) is 1. The molecule has 1 amide bonds. The molecule has 1 aromatic carbocycles. The third-order valence-electron chi connectivity index (χ3n) is 5.66. The molecule has 140 valence electrons. The molecule has 2 heterocycles. The number of benzene rings is 1. The molecule has 1 saturated heterocycles. The van der Waals surface area contributed by atoms with Crippen LogP contribution in [0.1, 0.15) is 59.9 Å². The molecule has 1 aliphatic rings. The standard InChI is InChI=1S/C22H31N3O/c1-15(2)18-6-8-20(9-7-18)25-16(3)14-21(17(25)4)22(26)24(5)19-10-12-23-13-11-19/h6-9,14-15,19,23H,10-13H2,1-5H3. The van der Waals surface area contributed by atoms with E-state index in [-0.39, 0.29) is 5.91 Å². The molecule has 26 heavy (non-hydrogen) atoms. The van der Waals surface area contributed by atoms with Crippen LogP contribution in [0.3, 0.4) is 0 Å². The summed E-state index contributed by atoms with van der Waals surface area (Å²) in [7, 11) is 1.95. The van der Waals surface area contributed by atoms with Crippen molar-refractivity contribution in [3.05, 3.63) is 52.8 Å². The normalized spacial score (nSPS) is 15.5. The Morgan fingerprint density at radius 1 is 1.15 bits per heavy atom. The van der Waals surface area contributed by atoms with Gasteiger partial charge in [0, 0.05) is 30.2 Å². The molecule has 0 unspecified atom stereocenters. The fraction of sp³-hybridized carbons (Fsp3) is 0.500. The lowest BCUT2D eigenvalue weighted by atomic mass is 10.0. The van der Waals surface area contributed by atoms with E-state index < -0.39 is 0 Å². The fourth-order valence-corrected chi connectivity index (χ4v) is 3.93. The van der Waals surface area contributed by atoms with Crippen LogP contribution in [0.25, 0.3) is 5.69 Å². The predicted octanol–water partition coefficient (Wildman–Crippen LogP) is 4.04. The molecule has 0 radical (unpaired) electrons. The van der Waals surface area contributed by atoms with E-state index in [1.165, 1.54) is 5.56 Å². The first kappa shape index (κ1) is 18.7. The Labute approximate surface area is 157 Å².